The highest BCUT2D eigenvalue weighted by Crippen LogP contribution is 2.37. The second-order valence-corrected chi connectivity index (χ2v) is 7.75. The Morgan fingerprint density at radius 3 is 2.69 bits per heavy atom. The molecule has 3 aromatic rings. The number of aromatic nitrogens is 2. The van der Waals surface area contributed by atoms with Gasteiger partial charge in [0.25, 0.3) is 0 Å². The van der Waals surface area contributed by atoms with Crippen molar-refractivity contribution in [2.75, 3.05) is 17.9 Å². The van der Waals surface area contributed by atoms with E-state index in [-0.39, 0.29) is 41.5 Å². The van der Waals surface area contributed by atoms with Crippen LogP contribution in [0.5, 0.6) is 17.2 Å². The number of alkyl halides is 3. The lowest BCUT2D eigenvalue weighted by Crippen LogP contribution is -2.13. The number of phenols is 1. The summed E-state index contributed by atoms with van der Waals surface area (Å²) in [6, 6.07) is 11.7. The van der Waals surface area contributed by atoms with Gasteiger partial charge in [0.15, 0.2) is 16.7 Å². The SMILES string of the molecule is O=C(CCSc1nc(-c2ccc3c(c2)OCO3)cc(C(F)(F)F)n1)Nc1cccc(O)c1. The summed E-state index contributed by atoms with van der Waals surface area (Å²) in [5, 5.41) is 11.9. The summed E-state index contributed by atoms with van der Waals surface area (Å²) in [5.41, 5.74) is -0.157. The molecule has 2 N–H and O–H groups in total. The smallest absolute Gasteiger partial charge is 0.433 e. The number of halogens is 3. The van der Waals surface area contributed by atoms with Gasteiger partial charge < -0.3 is 19.9 Å². The van der Waals surface area contributed by atoms with Crippen LogP contribution in [0, 0.1) is 0 Å². The molecule has 2 heterocycles. The number of amides is 1. The third-order valence-corrected chi connectivity index (χ3v) is 5.20. The maximum absolute atomic E-state index is 13.4. The number of fused-ring (bicyclic) bond motifs is 1. The van der Waals surface area contributed by atoms with E-state index in [2.05, 4.69) is 15.3 Å². The summed E-state index contributed by atoms with van der Waals surface area (Å²) >= 11 is 0.939. The molecule has 166 valence electrons. The lowest BCUT2D eigenvalue weighted by atomic mass is 10.1. The Balaban J connectivity index is 1.48. The van der Waals surface area contributed by atoms with Crippen LogP contribution >= 0.6 is 11.8 Å². The Labute approximate surface area is 184 Å². The highest BCUT2D eigenvalue weighted by Gasteiger charge is 2.34. The van der Waals surface area contributed by atoms with Gasteiger partial charge in [-0.15, -0.1) is 0 Å². The van der Waals surface area contributed by atoms with E-state index in [1.807, 2.05) is 0 Å². The molecule has 0 bridgehead atoms. The van der Waals surface area contributed by atoms with E-state index in [0.717, 1.165) is 17.8 Å². The number of carbonyl (C=O) groups excluding carboxylic acids is 1. The molecule has 0 radical (unpaired) electrons. The second-order valence-electron chi connectivity index (χ2n) is 6.68. The lowest BCUT2D eigenvalue weighted by molar-refractivity contribution is -0.141. The van der Waals surface area contributed by atoms with Crippen LogP contribution in [0.3, 0.4) is 0 Å². The van der Waals surface area contributed by atoms with Gasteiger partial charge in [0.05, 0.1) is 5.69 Å². The van der Waals surface area contributed by atoms with Gasteiger partial charge in [0.1, 0.15) is 11.4 Å². The molecule has 1 aliphatic heterocycles. The number of phenolic OH excluding ortho intramolecular Hbond substituents is 1. The van der Waals surface area contributed by atoms with Gasteiger partial charge in [-0.3, -0.25) is 4.79 Å². The maximum Gasteiger partial charge on any atom is 0.433 e. The number of aromatic hydroxyl groups is 1. The minimum absolute atomic E-state index is 0.00517. The van der Waals surface area contributed by atoms with Gasteiger partial charge in [-0.05, 0) is 36.4 Å². The molecule has 0 spiro atoms. The number of thioether (sulfide) groups is 1. The molecule has 1 aliphatic rings. The van der Waals surface area contributed by atoms with Crippen molar-refractivity contribution in [1.29, 1.82) is 0 Å². The molecule has 0 saturated heterocycles. The van der Waals surface area contributed by atoms with Gasteiger partial charge in [0, 0.05) is 29.5 Å². The molecule has 0 aliphatic carbocycles. The largest absolute Gasteiger partial charge is 0.508 e. The molecule has 0 atom stereocenters. The second kappa shape index (κ2) is 8.95. The summed E-state index contributed by atoms with van der Waals surface area (Å²) in [6.07, 6.45) is -4.64. The lowest BCUT2D eigenvalue weighted by Gasteiger charge is -2.11. The number of hydrogen-bond acceptors (Lipinski definition) is 7. The van der Waals surface area contributed by atoms with Gasteiger partial charge in [-0.2, -0.15) is 13.2 Å². The topological polar surface area (TPSA) is 93.6 Å². The van der Waals surface area contributed by atoms with E-state index in [4.69, 9.17) is 9.47 Å². The summed E-state index contributed by atoms with van der Waals surface area (Å²) in [7, 11) is 0. The third-order valence-electron chi connectivity index (χ3n) is 4.35. The number of hydrogen-bond donors (Lipinski definition) is 2. The first-order chi connectivity index (χ1) is 15.3. The van der Waals surface area contributed by atoms with E-state index in [1.165, 1.54) is 12.1 Å². The first-order valence-corrected chi connectivity index (χ1v) is 10.3. The van der Waals surface area contributed by atoms with Crippen LogP contribution in [-0.2, 0) is 11.0 Å². The first-order valence-electron chi connectivity index (χ1n) is 9.36. The normalized spacial score (nSPS) is 12.6. The number of carbonyl (C=O) groups is 1. The first kappa shape index (κ1) is 21.8. The van der Waals surface area contributed by atoms with Crippen LogP contribution in [0.15, 0.2) is 53.7 Å². The minimum Gasteiger partial charge on any atom is -0.508 e. The summed E-state index contributed by atoms with van der Waals surface area (Å²) in [5.74, 6) is 0.738. The van der Waals surface area contributed by atoms with Crippen molar-refractivity contribution in [2.24, 2.45) is 0 Å². The molecule has 7 nitrogen and oxygen atoms in total. The Hall–Kier alpha value is -3.47. The molecular formula is C21H16F3N3O4S. The number of nitrogens with one attached hydrogen (secondary N) is 1. The highest BCUT2D eigenvalue weighted by atomic mass is 32.2. The highest BCUT2D eigenvalue weighted by molar-refractivity contribution is 7.99. The molecule has 0 unspecified atom stereocenters. The monoisotopic (exact) mass is 463 g/mol. The summed E-state index contributed by atoms with van der Waals surface area (Å²) in [6.45, 7) is 0.0438. The Morgan fingerprint density at radius 1 is 1.09 bits per heavy atom. The van der Waals surface area contributed by atoms with Crippen LogP contribution in [0.1, 0.15) is 12.1 Å². The predicted molar refractivity (Wildman–Crippen MR) is 111 cm³/mol. The molecule has 1 amide bonds. The standard InChI is InChI=1S/C21H16F3N3O4S/c22-21(23,24)18-10-15(12-4-5-16-17(8-12)31-11-30-16)26-20(27-18)32-7-6-19(29)25-13-2-1-3-14(28)9-13/h1-5,8-10,28H,6-7,11H2,(H,25,29). The van der Waals surface area contributed by atoms with Crippen molar-refractivity contribution >= 4 is 23.4 Å². The summed E-state index contributed by atoms with van der Waals surface area (Å²) in [4.78, 5) is 19.9. The molecule has 4 rings (SSSR count). The van der Waals surface area contributed by atoms with Crippen molar-refractivity contribution in [3.63, 3.8) is 0 Å². The molecule has 0 saturated carbocycles. The van der Waals surface area contributed by atoms with Crippen LogP contribution in [0.4, 0.5) is 18.9 Å². The molecule has 1 aromatic heterocycles. The van der Waals surface area contributed by atoms with Crippen molar-refractivity contribution in [2.45, 2.75) is 17.8 Å². The maximum atomic E-state index is 13.4. The molecule has 32 heavy (non-hydrogen) atoms. The molecule has 2 aromatic carbocycles. The van der Waals surface area contributed by atoms with Crippen molar-refractivity contribution in [3.05, 3.63) is 54.2 Å². The predicted octanol–water partition coefficient (Wildman–Crippen LogP) is 4.72. The molecular weight excluding hydrogens is 447 g/mol. The van der Waals surface area contributed by atoms with Crippen LogP contribution in [0.25, 0.3) is 11.3 Å². The number of anilines is 1. The van der Waals surface area contributed by atoms with Gasteiger partial charge in [-0.25, -0.2) is 9.97 Å². The average Bonchev–Trinajstić information content (AvgIpc) is 3.21. The van der Waals surface area contributed by atoms with E-state index in [0.29, 0.717) is 22.7 Å². The molecule has 0 fully saturated rings. The zero-order chi connectivity index (χ0) is 22.7. The zero-order valence-electron chi connectivity index (χ0n) is 16.3. The Morgan fingerprint density at radius 2 is 1.91 bits per heavy atom. The van der Waals surface area contributed by atoms with Crippen LogP contribution in [-0.4, -0.2) is 33.5 Å². The molecule has 11 heteroatoms. The third kappa shape index (κ3) is 5.22. The van der Waals surface area contributed by atoms with Crippen molar-refractivity contribution in [3.8, 4) is 28.5 Å². The average molecular weight is 463 g/mol. The fourth-order valence-corrected chi connectivity index (χ4v) is 3.68. The quantitative estimate of drug-likeness (QED) is 0.404. The van der Waals surface area contributed by atoms with Crippen molar-refractivity contribution < 1.29 is 32.5 Å². The van der Waals surface area contributed by atoms with Crippen molar-refractivity contribution in [1.82, 2.24) is 9.97 Å². The Kier molecular flexibility index (Phi) is 6.08. The van der Waals surface area contributed by atoms with Crippen LogP contribution < -0.4 is 14.8 Å². The van der Waals surface area contributed by atoms with E-state index in [1.54, 1.807) is 30.3 Å². The summed E-state index contributed by atoms with van der Waals surface area (Å²) < 4.78 is 50.6. The van der Waals surface area contributed by atoms with E-state index in [9.17, 15) is 23.1 Å². The number of benzene rings is 2. The van der Waals surface area contributed by atoms with E-state index >= 15 is 0 Å². The van der Waals surface area contributed by atoms with Gasteiger partial charge in [0.2, 0.25) is 12.7 Å². The Bertz CT molecular complexity index is 1160. The number of nitrogens with zero attached hydrogens (tertiary/aromatic N) is 2. The fourth-order valence-electron chi connectivity index (χ4n) is 2.88. The van der Waals surface area contributed by atoms with E-state index < -0.39 is 11.9 Å². The minimum atomic E-state index is -4.66. The van der Waals surface area contributed by atoms with Gasteiger partial charge >= 0.3 is 6.18 Å². The zero-order valence-corrected chi connectivity index (χ0v) is 17.2. The number of rotatable bonds is 6. The van der Waals surface area contributed by atoms with Gasteiger partial charge in [-0.1, -0.05) is 17.8 Å². The van der Waals surface area contributed by atoms with Crippen LogP contribution in [0.2, 0.25) is 0 Å². The number of ether oxygens (including phenoxy) is 2. The fraction of sp³-hybridized carbons (Fsp3) is 0.190.